The van der Waals surface area contributed by atoms with E-state index in [1.165, 1.54) is 6.07 Å². The van der Waals surface area contributed by atoms with Crippen molar-refractivity contribution in [1.82, 2.24) is 0 Å². The van der Waals surface area contributed by atoms with Crippen LogP contribution < -0.4 is 11.1 Å². The first-order chi connectivity index (χ1) is 6.94. The Labute approximate surface area is 90.7 Å². The third kappa shape index (κ3) is 3.42. The molecule has 0 aliphatic carbocycles. The summed E-state index contributed by atoms with van der Waals surface area (Å²) in [6, 6.07) is 4.72. The summed E-state index contributed by atoms with van der Waals surface area (Å²) < 4.78 is 13.5. The maximum atomic E-state index is 13.5. The lowest BCUT2D eigenvalue weighted by Gasteiger charge is -2.27. The van der Waals surface area contributed by atoms with Crippen LogP contribution in [0.3, 0.4) is 0 Å². The van der Waals surface area contributed by atoms with Crippen LogP contribution in [0.25, 0.3) is 0 Å². The lowest BCUT2D eigenvalue weighted by atomic mass is 9.98. The minimum atomic E-state index is -0.292. The second kappa shape index (κ2) is 4.51. The Morgan fingerprint density at radius 2 is 2.07 bits per heavy atom. The first kappa shape index (κ1) is 11.8. The first-order valence-electron chi connectivity index (χ1n) is 5.28. The zero-order chi connectivity index (χ0) is 11.5. The number of nitrogens with one attached hydrogen (secondary N) is 1. The highest BCUT2D eigenvalue weighted by molar-refractivity contribution is 5.53. The van der Waals surface area contributed by atoms with Gasteiger partial charge in [0.2, 0.25) is 0 Å². The molecule has 0 saturated heterocycles. The molecule has 15 heavy (non-hydrogen) atoms. The van der Waals surface area contributed by atoms with E-state index in [1.54, 1.807) is 12.1 Å². The molecule has 0 fully saturated rings. The molecule has 3 N–H and O–H groups in total. The molecule has 2 nitrogen and oxygen atoms in total. The van der Waals surface area contributed by atoms with Gasteiger partial charge in [0, 0.05) is 11.2 Å². The largest absolute Gasteiger partial charge is 0.399 e. The van der Waals surface area contributed by atoms with Gasteiger partial charge in [-0.2, -0.15) is 0 Å². The molecular formula is C12H19FN2. The van der Waals surface area contributed by atoms with Crippen molar-refractivity contribution in [2.75, 3.05) is 11.1 Å². The highest BCUT2D eigenvalue weighted by atomic mass is 19.1. The van der Waals surface area contributed by atoms with Crippen molar-refractivity contribution in [3.63, 3.8) is 0 Å². The van der Waals surface area contributed by atoms with Crippen LogP contribution in [0.1, 0.15) is 33.6 Å². The molecule has 0 bridgehead atoms. The van der Waals surface area contributed by atoms with Gasteiger partial charge in [-0.3, -0.25) is 0 Å². The Morgan fingerprint density at radius 1 is 1.40 bits per heavy atom. The van der Waals surface area contributed by atoms with Gasteiger partial charge in [-0.1, -0.05) is 13.3 Å². The fourth-order valence-electron chi connectivity index (χ4n) is 1.68. The van der Waals surface area contributed by atoms with Crippen LogP contribution in [0, 0.1) is 5.82 Å². The van der Waals surface area contributed by atoms with Gasteiger partial charge in [0.25, 0.3) is 0 Å². The van der Waals surface area contributed by atoms with E-state index in [9.17, 15) is 4.39 Å². The predicted molar refractivity (Wildman–Crippen MR) is 63.4 cm³/mol. The minimum absolute atomic E-state index is 0.0916. The second-order valence-corrected chi connectivity index (χ2v) is 4.50. The third-order valence-electron chi connectivity index (χ3n) is 2.34. The van der Waals surface area contributed by atoms with Gasteiger partial charge in [0.1, 0.15) is 5.82 Å². The number of nitrogens with two attached hydrogens (primary N) is 1. The number of anilines is 2. The van der Waals surface area contributed by atoms with E-state index in [0.717, 1.165) is 12.8 Å². The summed E-state index contributed by atoms with van der Waals surface area (Å²) in [6.45, 7) is 6.24. The van der Waals surface area contributed by atoms with Crippen molar-refractivity contribution in [2.24, 2.45) is 0 Å². The van der Waals surface area contributed by atoms with Gasteiger partial charge in [-0.25, -0.2) is 4.39 Å². The highest BCUT2D eigenvalue weighted by Crippen LogP contribution is 2.23. The molecule has 1 aromatic carbocycles. The van der Waals surface area contributed by atoms with E-state index >= 15 is 0 Å². The molecular weight excluding hydrogens is 191 g/mol. The van der Waals surface area contributed by atoms with E-state index in [2.05, 4.69) is 26.1 Å². The fourth-order valence-corrected chi connectivity index (χ4v) is 1.68. The van der Waals surface area contributed by atoms with Crippen molar-refractivity contribution >= 4 is 11.4 Å². The Balaban J connectivity index is 2.80. The molecule has 0 amide bonds. The molecule has 0 atom stereocenters. The van der Waals surface area contributed by atoms with Gasteiger partial charge in [-0.05, 0) is 38.5 Å². The van der Waals surface area contributed by atoms with E-state index in [0.29, 0.717) is 11.4 Å². The standard InChI is InChI=1S/C12H19FN2/c1-4-7-12(2,3)15-11-6-5-9(14)8-10(11)13/h5-6,8,15H,4,7,14H2,1-3H3. The molecule has 0 aromatic heterocycles. The molecule has 0 aliphatic rings. The molecule has 0 heterocycles. The summed E-state index contributed by atoms with van der Waals surface area (Å²) in [5.41, 5.74) is 6.36. The minimum Gasteiger partial charge on any atom is -0.399 e. The van der Waals surface area contributed by atoms with Crippen molar-refractivity contribution in [3.05, 3.63) is 24.0 Å². The Hall–Kier alpha value is -1.25. The van der Waals surface area contributed by atoms with Crippen molar-refractivity contribution in [2.45, 2.75) is 39.2 Å². The first-order valence-corrected chi connectivity index (χ1v) is 5.28. The zero-order valence-electron chi connectivity index (χ0n) is 9.60. The van der Waals surface area contributed by atoms with E-state index in [4.69, 9.17) is 5.73 Å². The van der Waals surface area contributed by atoms with Crippen molar-refractivity contribution in [1.29, 1.82) is 0 Å². The predicted octanol–water partition coefficient (Wildman–Crippen LogP) is 3.40. The number of halogens is 1. The van der Waals surface area contributed by atoms with Crippen LogP contribution in [0.15, 0.2) is 18.2 Å². The van der Waals surface area contributed by atoms with Crippen LogP contribution in [0.2, 0.25) is 0 Å². The molecule has 0 spiro atoms. The summed E-state index contributed by atoms with van der Waals surface area (Å²) in [7, 11) is 0. The third-order valence-corrected chi connectivity index (χ3v) is 2.34. The van der Waals surface area contributed by atoms with Crippen LogP contribution in [0.4, 0.5) is 15.8 Å². The summed E-state index contributed by atoms with van der Waals surface area (Å²) in [5.74, 6) is -0.292. The average Bonchev–Trinajstić information content (AvgIpc) is 2.09. The maximum absolute atomic E-state index is 13.5. The van der Waals surface area contributed by atoms with E-state index in [-0.39, 0.29) is 11.4 Å². The van der Waals surface area contributed by atoms with Crippen LogP contribution >= 0.6 is 0 Å². The zero-order valence-corrected chi connectivity index (χ0v) is 9.60. The second-order valence-electron chi connectivity index (χ2n) is 4.50. The van der Waals surface area contributed by atoms with Gasteiger partial charge in [0.05, 0.1) is 5.69 Å². The van der Waals surface area contributed by atoms with E-state index in [1.807, 2.05) is 0 Å². The SMILES string of the molecule is CCCC(C)(C)Nc1ccc(N)cc1F. The number of hydrogen-bond acceptors (Lipinski definition) is 2. The van der Waals surface area contributed by atoms with Crippen LogP contribution in [-0.4, -0.2) is 5.54 Å². The molecule has 3 heteroatoms. The quantitative estimate of drug-likeness (QED) is 0.747. The maximum Gasteiger partial charge on any atom is 0.148 e. The van der Waals surface area contributed by atoms with E-state index < -0.39 is 0 Å². The lowest BCUT2D eigenvalue weighted by molar-refractivity contribution is 0.505. The summed E-state index contributed by atoms with van der Waals surface area (Å²) >= 11 is 0. The van der Waals surface area contributed by atoms with Crippen molar-refractivity contribution in [3.8, 4) is 0 Å². The summed E-state index contributed by atoms with van der Waals surface area (Å²) in [5, 5.41) is 3.18. The topological polar surface area (TPSA) is 38.0 Å². The molecule has 0 saturated carbocycles. The summed E-state index contributed by atoms with van der Waals surface area (Å²) in [6.07, 6.45) is 2.06. The number of hydrogen-bond donors (Lipinski definition) is 2. The Bertz CT molecular complexity index is 334. The number of nitrogen functional groups attached to an aromatic ring is 1. The molecule has 1 rings (SSSR count). The Kier molecular flexibility index (Phi) is 3.56. The monoisotopic (exact) mass is 210 g/mol. The number of benzene rings is 1. The molecule has 1 aromatic rings. The van der Waals surface area contributed by atoms with Gasteiger partial charge < -0.3 is 11.1 Å². The van der Waals surface area contributed by atoms with Gasteiger partial charge >= 0.3 is 0 Å². The van der Waals surface area contributed by atoms with Crippen molar-refractivity contribution < 1.29 is 4.39 Å². The molecule has 0 radical (unpaired) electrons. The lowest BCUT2D eigenvalue weighted by Crippen LogP contribution is -2.30. The average molecular weight is 210 g/mol. The fraction of sp³-hybridized carbons (Fsp3) is 0.500. The molecule has 0 unspecified atom stereocenters. The van der Waals surface area contributed by atoms with Crippen LogP contribution in [0.5, 0.6) is 0 Å². The van der Waals surface area contributed by atoms with Gasteiger partial charge in [-0.15, -0.1) is 0 Å². The number of rotatable bonds is 4. The normalized spacial score (nSPS) is 11.5. The molecule has 0 aliphatic heterocycles. The van der Waals surface area contributed by atoms with Gasteiger partial charge in [0.15, 0.2) is 0 Å². The summed E-state index contributed by atoms with van der Waals surface area (Å²) in [4.78, 5) is 0. The van der Waals surface area contributed by atoms with Crippen LogP contribution in [-0.2, 0) is 0 Å². The smallest absolute Gasteiger partial charge is 0.148 e. The highest BCUT2D eigenvalue weighted by Gasteiger charge is 2.17. The molecule has 84 valence electrons. The Morgan fingerprint density at radius 3 is 2.60 bits per heavy atom.